The highest BCUT2D eigenvalue weighted by Gasteiger charge is 2.51. The monoisotopic (exact) mass is 398 g/mol. The minimum atomic E-state index is 0.0476. The number of rotatable bonds is 2. The van der Waals surface area contributed by atoms with Gasteiger partial charge in [-0.15, -0.1) is 0 Å². The maximum atomic E-state index is 13.2. The number of hydrogen-bond donors (Lipinski definition) is 0. The van der Waals surface area contributed by atoms with Crippen molar-refractivity contribution in [1.82, 2.24) is 19.6 Å². The average Bonchev–Trinajstić information content (AvgIpc) is 3.26. The van der Waals surface area contributed by atoms with Gasteiger partial charge in [0, 0.05) is 51.5 Å². The number of carbonyl (C=O) groups excluding carboxylic acids is 2. The molecule has 6 heteroatoms. The van der Waals surface area contributed by atoms with Crippen molar-refractivity contribution in [3.05, 3.63) is 35.4 Å². The molecule has 0 spiro atoms. The third-order valence-corrected chi connectivity index (χ3v) is 7.18. The third kappa shape index (κ3) is 3.75. The van der Waals surface area contributed by atoms with Crippen molar-refractivity contribution in [3.63, 3.8) is 0 Å². The first-order valence-corrected chi connectivity index (χ1v) is 10.9. The van der Waals surface area contributed by atoms with E-state index in [1.54, 1.807) is 4.90 Å². The number of aryl methyl sites for hydroxylation is 1. The van der Waals surface area contributed by atoms with Crippen molar-refractivity contribution >= 4 is 11.9 Å². The molecule has 29 heavy (non-hydrogen) atoms. The molecule has 3 aliphatic heterocycles. The van der Waals surface area contributed by atoms with E-state index in [0.717, 1.165) is 45.6 Å². The summed E-state index contributed by atoms with van der Waals surface area (Å²) in [7, 11) is 5.77. The Bertz CT molecular complexity index is 772. The van der Waals surface area contributed by atoms with Gasteiger partial charge < -0.3 is 19.6 Å². The summed E-state index contributed by atoms with van der Waals surface area (Å²) in [5.41, 5.74) is 2.44. The van der Waals surface area contributed by atoms with Gasteiger partial charge in [-0.05, 0) is 51.0 Å². The molecular formula is C23H34N4O2. The summed E-state index contributed by atoms with van der Waals surface area (Å²) >= 11 is 0. The van der Waals surface area contributed by atoms with E-state index in [2.05, 4.69) is 42.0 Å². The molecule has 0 radical (unpaired) electrons. The highest BCUT2D eigenvalue weighted by Crippen LogP contribution is 2.46. The second-order valence-electron chi connectivity index (χ2n) is 9.38. The first kappa shape index (κ1) is 20.2. The van der Waals surface area contributed by atoms with Gasteiger partial charge >= 0.3 is 6.03 Å². The van der Waals surface area contributed by atoms with E-state index in [9.17, 15) is 9.59 Å². The van der Waals surface area contributed by atoms with Gasteiger partial charge in [0.1, 0.15) is 0 Å². The second kappa shape index (κ2) is 7.98. The Morgan fingerprint density at radius 1 is 1.03 bits per heavy atom. The van der Waals surface area contributed by atoms with Gasteiger partial charge in [-0.25, -0.2) is 4.79 Å². The van der Waals surface area contributed by atoms with Crippen molar-refractivity contribution in [1.29, 1.82) is 0 Å². The lowest BCUT2D eigenvalue weighted by atomic mass is 9.87. The molecule has 1 aromatic rings. The van der Waals surface area contributed by atoms with Gasteiger partial charge in [0.2, 0.25) is 5.91 Å². The molecule has 3 saturated heterocycles. The van der Waals surface area contributed by atoms with E-state index in [-0.39, 0.29) is 18.0 Å². The lowest BCUT2D eigenvalue weighted by Gasteiger charge is -2.34. The lowest BCUT2D eigenvalue weighted by molar-refractivity contribution is -0.136. The normalized spacial score (nSPS) is 27.9. The molecular weight excluding hydrogens is 364 g/mol. The summed E-state index contributed by atoms with van der Waals surface area (Å²) in [6.07, 6.45) is 1.93. The molecule has 3 aliphatic rings. The van der Waals surface area contributed by atoms with Crippen LogP contribution in [0.15, 0.2) is 24.3 Å². The molecule has 3 amide bonds. The van der Waals surface area contributed by atoms with E-state index in [1.165, 1.54) is 11.1 Å². The fraction of sp³-hybridized carbons (Fsp3) is 0.652. The van der Waals surface area contributed by atoms with Crippen LogP contribution in [0.5, 0.6) is 0 Å². The van der Waals surface area contributed by atoms with Gasteiger partial charge in [0.05, 0.1) is 6.04 Å². The Balaban J connectivity index is 1.55. The van der Waals surface area contributed by atoms with Crippen molar-refractivity contribution in [2.45, 2.75) is 25.8 Å². The lowest BCUT2D eigenvalue weighted by Crippen LogP contribution is -2.44. The van der Waals surface area contributed by atoms with Gasteiger partial charge in [-0.3, -0.25) is 4.79 Å². The number of likely N-dealkylation sites (tertiary alicyclic amines) is 3. The smallest absolute Gasteiger partial charge is 0.320 e. The van der Waals surface area contributed by atoms with Crippen LogP contribution >= 0.6 is 0 Å². The SMILES string of the molecule is Cc1ccccc1[C@H]1[C@@H]2CN(C(=O)C3CCN(C)CC3)C[C@@H]2CN1C(=O)N(C)C. The molecule has 4 rings (SSSR count). The fourth-order valence-electron chi connectivity index (χ4n) is 5.51. The summed E-state index contributed by atoms with van der Waals surface area (Å²) in [5, 5.41) is 0. The Labute approximate surface area is 174 Å². The van der Waals surface area contributed by atoms with Gasteiger partial charge in [0.25, 0.3) is 0 Å². The first-order valence-electron chi connectivity index (χ1n) is 10.9. The molecule has 0 unspecified atom stereocenters. The Kier molecular flexibility index (Phi) is 5.56. The van der Waals surface area contributed by atoms with Crippen LogP contribution in [0.1, 0.15) is 30.0 Å². The molecule has 0 aliphatic carbocycles. The molecule has 0 bridgehead atoms. The summed E-state index contributed by atoms with van der Waals surface area (Å²) in [5.74, 6) is 1.18. The molecule has 0 N–H and O–H groups in total. The van der Waals surface area contributed by atoms with E-state index < -0.39 is 0 Å². The number of carbonyl (C=O) groups is 2. The number of hydrogen-bond acceptors (Lipinski definition) is 3. The topological polar surface area (TPSA) is 47.1 Å². The van der Waals surface area contributed by atoms with Crippen LogP contribution in [0.2, 0.25) is 0 Å². The Morgan fingerprint density at radius 3 is 2.38 bits per heavy atom. The van der Waals surface area contributed by atoms with Crippen LogP contribution in [0.4, 0.5) is 4.79 Å². The largest absolute Gasteiger partial charge is 0.342 e. The quantitative estimate of drug-likeness (QED) is 0.769. The first-order chi connectivity index (χ1) is 13.9. The van der Waals surface area contributed by atoms with E-state index >= 15 is 0 Å². The average molecular weight is 399 g/mol. The van der Waals surface area contributed by atoms with Crippen molar-refractivity contribution in [2.24, 2.45) is 17.8 Å². The zero-order valence-electron chi connectivity index (χ0n) is 18.2. The predicted octanol–water partition coefficient (Wildman–Crippen LogP) is 2.45. The Morgan fingerprint density at radius 2 is 1.72 bits per heavy atom. The summed E-state index contributed by atoms with van der Waals surface area (Å²) in [4.78, 5) is 34.2. The van der Waals surface area contributed by atoms with Crippen LogP contribution in [-0.2, 0) is 4.79 Å². The highest BCUT2D eigenvalue weighted by molar-refractivity contribution is 5.80. The molecule has 1 aromatic carbocycles. The van der Waals surface area contributed by atoms with Crippen LogP contribution in [-0.4, -0.2) is 85.4 Å². The maximum Gasteiger partial charge on any atom is 0.320 e. The van der Waals surface area contributed by atoms with Crippen LogP contribution in [0.25, 0.3) is 0 Å². The fourth-order valence-corrected chi connectivity index (χ4v) is 5.51. The molecule has 0 aromatic heterocycles. The number of urea groups is 1. The van der Waals surface area contributed by atoms with Crippen LogP contribution in [0, 0.1) is 24.7 Å². The number of benzene rings is 1. The van der Waals surface area contributed by atoms with Gasteiger partial charge in [-0.1, -0.05) is 24.3 Å². The minimum absolute atomic E-state index is 0.0476. The zero-order chi connectivity index (χ0) is 20.7. The van der Waals surface area contributed by atoms with Crippen molar-refractivity contribution < 1.29 is 9.59 Å². The van der Waals surface area contributed by atoms with E-state index in [4.69, 9.17) is 0 Å². The minimum Gasteiger partial charge on any atom is -0.342 e. The van der Waals surface area contributed by atoms with Crippen LogP contribution in [0.3, 0.4) is 0 Å². The van der Waals surface area contributed by atoms with E-state index in [1.807, 2.05) is 25.1 Å². The second-order valence-corrected chi connectivity index (χ2v) is 9.38. The van der Waals surface area contributed by atoms with Crippen LogP contribution < -0.4 is 0 Å². The van der Waals surface area contributed by atoms with Gasteiger partial charge in [-0.2, -0.15) is 0 Å². The third-order valence-electron chi connectivity index (χ3n) is 7.18. The summed E-state index contributed by atoms with van der Waals surface area (Å²) in [6, 6.07) is 8.50. The van der Waals surface area contributed by atoms with E-state index in [0.29, 0.717) is 17.7 Å². The molecule has 158 valence electrons. The molecule has 3 heterocycles. The maximum absolute atomic E-state index is 13.2. The number of amides is 3. The van der Waals surface area contributed by atoms with Crippen molar-refractivity contribution in [2.75, 3.05) is 53.9 Å². The van der Waals surface area contributed by atoms with Crippen molar-refractivity contribution in [3.8, 4) is 0 Å². The summed E-state index contributed by atoms with van der Waals surface area (Å²) in [6.45, 7) is 6.43. The predicted molar refractivity (Wildman–Crippen MR) is 113 cm³/mol. The Hall–Kier alpha value is -2.08. The number of fused-ring (bicyclic) bond motifs is 1. The molecule has 6 nitrogen and oxygen atoms in total. The molecule has 0 saturated carbocycles. The highest BCUT2D eigenvalue weighted by atomic mass is 16.2. The number of nitrogens with zero attached hydrogens (tertiary/aromatic N) is 4. The number of piperidine rings is 1. The molecule has 3 fully saturated rings. The standard InChI is InChI=1S/C23H34N4O2/c1-16-7-5-6-8-19(16)21-20-15-26(22(28)17-9-11-25(4)12-10-17)13-18(20)14-27(21)23(29)24(2)3/h5-8,17-18,20-21H,9-15H2,1-4H3/t18-,20-,21+/m1/s1. The van der Waals surface area contributed by atoms with Gasteiger partial charge in [0.15, 0.2) is 0 Å². The summed E-state index contributed by atoms with van der Waals surface area (Å²) < 4.78 is 0. The zero-order valence-corrected chi connectivity index (χ0v) is 18.2. The molecule has 3 atom stereocenters.